The van der Waals surface area contributed by atoms with Crippen molar-refractivity contribution in [2.45, 2.75) is 31.7 Å². The Balaban J connectivity index is 1.74. The molecular formula is C21H26N4O. The van der Waals surface area contributed by atoms with Crippen LogP contribution in [0.4, 0.5) is 0 Å². The standard InChI is InChI=1S/C21H26N4O/c1-24-16-17(14-22)13-19(24)21(26)23-15-20(18-9-5-4-6-10-18)25-11-7-2-3-8-12-25/h4-6,9-10,13,16,20H,2-3,7-8,11-12,15H2,1H3,(H,23,26). The summed E-state index contributed by atoms with van der Waals surface area (Å²) >= 11 is 0. The van der Waals surface area contributed by atoms with Crippen LogP contribution in [0.5, 0.6) is 0 Å². The first-order valence-electron chi connectivity index (χ1n) is 9.32. The van der Waals surface area contributed by atoms with Gasteiger partial charge in [0.1, 0.15) is 11.8 Å². The van der Waals surface area contributed by atoms with Crippen molar-refractivity contribution in [3.63, 3.8) is 0 Å². The summed E-state index contributed by atoms with van der Waals surface area (Å²) in [4.78, 5) is 15.1. The minimum absolute atomic E-state index is 0.134. The number of aromatic nitrogens is 1. The monoisotopic (exact) mass is 350 g/mol. The second-order valence-corrected chi connectivity index (χ2v) is 6.92. The molecule has 2 heterocycles. The van der Waals surface area contributed by atoms with Gasteiger partial charge in [-0.1, -0.05) is 43.2 Å². The molecule has 2 aromatic rings. The minimum Gasteiger partial charge on any atom is -0.349 e. The summed E-state index contributed by atoms with van der Waals surface area (Å²) in [6.45, 7) is 2.70. The Morgan fingerprint density at radius 2 is 1.88 bits per heavy atom. The van der Waals surface area contributed by atoms with E-state index in [0.29, 0.717) is 17.8 Å². The fourth-order valence-corrected chi connectivity index (χ4v) is 3.67. The van der Waals surface area contributed by atoms with Crippen LogP contribution in [0.1, 0.15) is 53.3 Å². The quantitative estimate of drug-likeness (QED) is 0.900. The third-order valence-electron chi connectivity index (χ3n) is 5.09. The third-order valence-corrected chi connectivity index (χ3v) is 5.09. The number of nitriles is 1. The van der Waals surface area contributed by atoms with E-state index in [0.717, 1.165) is 13.1 Å². The number of carbonyl (C=O) groups is 1. The maximum Gasteiger partial charge on any atom is 0.268 e. The Kier molecular flexibility index (Phi) is 6.08. The van der Waals surface area contributed by atoms with Gasteiger partial charge < -0.3 is 9.88 Å². The SMILES string of the molecule is Cn1cc(C#N)cc1C(=O)NCC(c1ccccc1)N1CCCCCC1. The number of nitrogens with one attached hydrogen (secondary N) is 1. The predicted molar refractivity (Wildman–Crippen MR) is 102 cm³/mol. The molecule has 1 amide bonds. The molecule has 5 heteroatoms. The normalized spacial score (nSPS) is 16.5. The Morgan fingerprint density at radius 3 is 2.50 bits per heavy atom. The van der Waals surface area contributed by atoms with E-state index in [-0.39, 0.29) is 11.9 Å². The molecule has 5 nitrogen and oxygen atoms in total. The zero-order valence-corrected chi connectivity index (χ0v) is 15.3. The molecule has 136 valence electrons. The van der Waals surface area contributed by atoms with E-state index in [4.69, 9.17) is 5.26 Å². The van der Waals surface area contributed by atoms with E-state index in [2.05, 4.69) is 40.6 Å². The first kappa shape index (κ1) is 18.2. The number of amides is 1. The number of rotatable bonds is 5. The highest BCUT2D eigenvalue weighted by Gasteiger charge is 2.22. The number of hydrogen-bond donors (Lipinski definition) is 1. The third kappa shape index (κ3) is 4.33. The Bertz CT molecular complexity index is 767. The zero-order valence-electron chi connectivity index (χ0n) is 15.3. The highest BCUT2D eigenvalue weighted by Crippen LogP contribution is 2.24. The summed E-state index contributed by atoms with van der Waals surface area (Å²) in [6, 6.07) is 14.3. The van der Waals surface area contributed by atoms with E-state index in [1.54, 1.807) is 23.9 Å². The van der Waals surface area contributed by atoms with Gasteiger partial charge in [0, 0.05) is 19.8 Å². The van der Waals surface area contributed by atoms with E-state index < -0.39 is 0 Å². The van der Waals surface area contributed by atoms with Crippen molar-refractivity contribution in [3.05, 3.63) is 59.4 Å². The summed E-state index contributed by atoms with van der Waals surface area (Å²) < 4.78 is 1.71. The fourth-order valence-electron chi connectivity index (χ4n) is 3.67. The molecule has 0 aliphatic carbocycles. The first-order valence-corrected chi connectivity index (χ1v) is 9.32. The maximum absolute atomic E-state index is 12.6. The predicted octanol–water partition coefficient (Wildman–Crippen LogP) is 3.24. The lowest BCUT2D eigenvalue weighted by Gasteiger charge is -2.31. The Labute approximate surface area is 155 Å². The lowest BCUT2D eigenvalue weighted by molar-refractivity contribution is 0.0925. The molecule has 1 aromatic carbocycles. The second kappa shape index (κ2) is 8.68. The lowest BCUT2D eigenvalue weighted by Crippen LogP contribution is -2.39. The van der Waals surface area contributed by atoms with Crippen molar-refractivity contribution in [1.29, 1.82) is 5.26 Å². The van der Waals surface area contributed by atoms with Crippen LogP contribution in [0.15, 0.2) is 42.6 Å². The van der Waals surface area contributed by atoms with Crippen LogP contribution in [0.25, 0.3) is 0 Å². The van der Waals surface area contributed by atoms with Crippen LogP contribution < -0.4 is 5.32 Å². The molecule has 1 unspecified atom stereocenters. The smallest absolute Gasteiger partial charge is 0.268 e. The molecule has 1 aliphatic rings. The number of nitrogens with zero attached hydrogens (tertiary/aromatic N) is 3. The Morgan fingerprint density at radius 1 is 1.19 bits per heavy atom. The van der Waals surface area contributed by atoms with Crippen molar-refractivity contribution in [2.24, 2.45) is 7.05 Å². The molecule has 0 radical (unpaired) electrons. The molecule has 0 saturated carbocycles. The minimum atomic E-state index is -0.134. The summed E-state index contributed by atoms with van der Waals surface area (Å²) in [6.07, 6.45) is 6.66. The number of aryl methyl sites for hydroxylation is 1. The van der Waals surface area contributed by atoms with Gasteiger partial charge in [0.2, 0.25) is 0 Å². The number of hydrogen-bond acceptors (Lipinski definition) is 3. The van der Waals surface area contributed by atoms with Gasteiger partial charge >= 0.3 is 0 Å². The van der Waals surface area contributed by atoms with E-state index in [1.807, 2.05) is 6.07 Å². The van der Waals surface area contributed by atoms with Crippen LogP contribution in [-0.2, 0) is 7.05 Å². The molecule has 0 spiro atoms. The lowest BCUT2D eigenvalue weighted by atomic mass is 10.0. The van der Waals surface area contributed by atoms with Crippen molar-refractivity contribution >= 4 is 5.91 Å². The van der Waals surface area contributed by atoms with Gasteiger partial charge in [-0.25, -0.2) is 0 Å². The molecule has 1 atom stereocenters. The number of carbonyl (C=O) groups excluding carboxylic acids is 1. The molecule has 1 N–H and O–H groups in total. The van der Waals surface area contributed by atoms with Crippen molar-refractivity contribution in [2.75, 3.05) is 19.6 Å². The molecule has 26 heavy (non-hydrogen) atoms. The highest BCUT2D eigenvalue weighted by atomic mass is 16.1. The summed E-state index contributed by atoms with van der Waals surface area (Å²) in [7, 11) is 1.79. The molecule has 1 aromatic heterocycles. The molecule has 1 aliphatic heterocycles. The molecule has 0 bridgehead atoms. The van der Waals surface area contributed by atoms with Gasteiger partial charge in [-0.3, -0.25) is 9.69 Å². The first-order chi connectivity index (χ1) is 12.7. The molecule has 3 rings (SSSR count). The highest BCUT2D eigenvalue weighted by molar-refractivity contribution is 5.93. The van der Waals surface area contributed by atoms with Gasteiger partial charge in [0.05, 0.1) is 11.6 Å². The number of likely N-dealkylation sites (tertiary alicyclic amines) is 1. The Hall–Kier alpha value is -2.58. The van der Waals surface area contributed by atoms with Crippen LogP contribution >= 0.6 is 0 Å². The van der Waals surface area contributed by atoms with Crippen molar-refractivity contribution in [1.82, 2.24) is 14.8 Å². The fraction of sp³-hybridized carbons (Fsp3) is 0.429. The number of benzene rings is 1. The summed E-state index contributed by atoms with van der Waals surface area (Å²) in [5.41, 5.74) is 2.26. The summed E-state index contributed by atoms with van der Waals surface area (Å²) in [5, 5.41) is 12.1. The van der Waals surface area contributed by atoms with Crippen LogP contribution in [0, 0.1) is 11.3 Å². The van der Waals surface area contributed by atoms with Crippen molar-refractivity contribution in [3.8, 4) is 6.07 Å². The van der Waals surface area contributed by atoms with E-state index in [9.17, 15) is 4.79 Å². The second-order valence-electron chi connectivity index (χ2n) is 6.92. The zero-order chi connectivity index (χ0) is 18.4. The van der Waals surface area contributed by atoms with Crippen LogP contribution in [-0.4, -0.2) is 35.0 Å². The largest absolute Gasteiger partial charge is 0.349 e. The average Bonchev–Trinajstić information content (AvgIpc) is 2.86. The van der Waals surface area contributed by atoms with Crippen LogP contribution in [0.2, 0.25) is 0 Å². The molecular weight excluding hydrogens is 324 g/mol. The maximum atomic E-state index is 12.6. The van der Waals surface area contributed by atoms with Gasteiger partial charge in [-0.15, -0.1) is 0 Å². The topological polar surface area (TPSA) is 61.1 Å². The van der Waals surface area contributed by atoms with Crippen molar-refractivity contribution < 1.29 is 4.79 Å². The van der Waals surface area contributed by atoms with E-state index >= 15 is 0 Å². The van der Waals surface area contributed by atoms with Gasteiger partial charge in [-0.2, -0.15) is 5.26 Å². The van der Waals surface area contributed by atoms with Gasteiger partial charge in [0.25, 0.3) is 5.91 Å². The average molecular weight is 350 g/mol. The molecule has 1 saturated heterocycles. The van der Waals surface area contributed by atoms with Gasteiger partial charge in [-0.05, 0) is 37.6 Å². The van der Waals surface area contributed by atoms with E-state index in [1.165, 1.54) is 31.2 Å². The summed E-state index contributed by atoms with van der Waals surface area (Å²) in [5.74, 6) is -0.134. The van der Waals surface area contributed by atoms with Crippen LogP contribution in [0.3, 0.4) is 0 Å². The van der Waals surface area contributed by atoms with Gasteiger partial charge in [0.15, 0.2) is 0 Å². The molecule has 1 fully saturated rings.